The Bertz CT molecular complexity index is 446. The second-order valence-corrected chi connectivity index (χ2v) is 4.59. The zero-order valence-electron chi connectivity index (χ0n) is 11.3. The molecule has 0 unspecified atom stereocenters. The average Bonchev–Trinajstić information content (AvgIpc) is 2.37. The fourth-order valence-electron chi connectivity index (χ4n) is 1.45. The minimum Gasteiger partial charge on any atom is -0.508 e. The Balaban J connectivity index is 2.51. The molecule has 3 N–H and O–H groups in total. The van der Waals surface area contributed by atoms with Crippen molar-refractivity contribution in [2.75, 3.05) is 13.7 Å². The molecule has 6 heteroatoms. The standard InChI is InChI=1S/C13H19N3O2S/c1-9(8-18-3)14-13(19)16-15-10(2)11-4-6-12(17)7-5-11/h4-7,9,17H,8H2,1-3H3,(H2,14,16,19)/b15-10+/t9-/m1/s1. The third kappa shape index (κ3) is 5.67. The van der Waals surface area contributed by atoms with Gasteiger partial charge in [-0.05, 0) is 55.9 Å². The van der Waals surface area contributed by atoms with E-state index in [0.717, 1.165) is 11.3 Å². The lowest BCUT2D eigenvalue weighted by Crippen LogP contribution is -2.40. The number of benzene rings is 1. The highest BCUT2D eigenvalue weighted by atomic mass is 32.1. The maximum Gasteiger partial charge on any atom is 0.187 e. The van der Waals surface area contributed by atoms with Gasteiger partial charge in [0.1, 0.15) is 5.75 Å². The van der Waals surface area contributed by atoms with E-state index in [1.807, 2.05) is 13.8 Å². The number of ether oxygens (including phenoxy) is 1. The van der Waals surface area contributed by atoms with Crippen LogP contribution in [0.2, 0.25) is 0 Å². The number of phenolic OH excluding ortho intramolecular Hbond substituents is 1. The predicted molar refractivity (Wildman–Crippen MR) is 80.5 cm³/mol. The number of thiocarbonyl (C=S) groups is 1. The molecule has 104 valence electrons. The quantitative estimate of drug-likeness (QED) is 0.435. The maximum atomic E-state index is 9.21. The van der Waals surface area contributed by atoms with E-state index in [4.69, 9.17) is 17.0 Å². The molecule has 0 fully saturated rings. The van der Waals surface area contributed by atoms with Crippen LogP contribution in [0.25, 0.3) is 0 Å². The van der Waals surface area contributed by atoms with Gasteiger partial charge in [0.05, 0.1) is 12.3 Å². The summed E-state index contributed by atoms with van der Waals surface area (Å²) in [5.74, 6) is 0.232. The Morgan fingerprint density at radius 3 is 2.63 bits per heavy atom. The number of hydrogen-bond donors (Lipinski definition) is 3. The highest BCUT2D eigenvalue weighted by molar-refractivity contribution is 7.80. The smallest absolute Gasteiger partial charge is 0.187 e. The van der Waals surface area contributed by atoms with Crippen molar-refractivity contribution in [3.63, 3.8) is 0 Å². The largest absolute Gasteiger partial charge is 0.508 e. The van der Waals surface area contributed by atoms with Gasteiger partial charge >= 0.3 is 0 Å². The molecule has 5 nitrogen and oxygen atoms in total. The second kappa shape index (κ2) is 7.70. The Kier molecular flexibility index (Phi) is 6.24. The van der Waals surface area contributed by atoms with Crippen LogP contribution in [0.5, 0.6) is 5.75 Å². The summed E-state index contributed by atoms with van der Waals surface area (Å²) in [5, 5.41) is 16.9. The SMILES string of the molecule is COC[C@@H](C)NC(=S)N/N=C(\C)c1ccc(O)cc1. The van der Waals surface area contributed by atoms with Crippen LogP contribution in [0, 0.1) is 0 Å². The van der Waals surface area contributed by atoms with Gasteiger partial charge in [-0.25, -0.2) is 0 Å². The zero-order valence-corrected chi connectivity index (χ0v) is 12.1. The van der Waals surface area contributed by atoms with Gasteiger partial charge in [-0.3, -0.25) is 5.43 Å². The van der Waals surface area contributed by atoms with Crippen molar-refractivity contribution in [2.45, 2.75) is 19.9 Å². The molecular weight excluding hydrogens is 262 g/mol. The molecule has 0 radical (unpaired) electrons. The monoisotopic (exact) mass is 281 g/mol. The molecule has 0 bridgehead atoms. The molecule has 0 aliphatic heterocycles. The van der Waals surface area contributed by atoms with Crippen LogP contribution in [0.3, 0.4) is 0 Å². The molecule has 1 aromatic carbocycles. The molecule has 0 aliphatic rings. The van der Waals surface area contributed by atoms with Crippen LogP contribution in [-0.4, -0.2) is 35.7 Å². The molecule has 0 aromatic heterocycles. The van der Waals surface area contributed by atoms with Crippen LogP contribution in [0.1, 0.15) is 19.4 Å². The van der Waals surface area contributed by atoms with Gasteiger partial charge in [0.15, 0.2) is 5.11 Å². The third-order valence-corrected chi connectivity index (χ3v) is 2.61. The topological polar surface area (TPSA) is 65.9 Å². The number of aromatic hydroxyl groups is 1. The minimum absolute atomic E-state index is 0.120. The molecule has 1 aromatic rings. The first-order valence-corrected chi connectivity index (χ1v) is 6.33. The molecule has 0 saturated carbocycles. The number of hydrogen-bond acceptors (Lipinski definition) is 4. The predicted octanol–water partition coefficient (Wildman–Crippen LogP) is 1.62. The molecule has 0 aliphatic carbocycles. The van der Waals surface area contributed by atoms with E-state index >= 15 is 0 Å². The van der Waals surface area contributed by atoms with Gasteiger partial charge < -0.3 is 15.2 Å². The zero-order chi connectivity index (χ0) is 14.3. The van der Waals surface area contributed by atoms with Crippen molar-refractivity contribution in [3.8, 4) is 5.75 Å². The van der Waals surface area contributed by atoms with E-state index in [9.17, 15) is 5.11 Å². The maximum absolute atomic E-state index is 9.21. The Labute approximate surface area is 118 Å². The third-order valence-electron chi connectivity index (χ3n) is 2.40. The van der Waals surface area contributed by atoms with E-state index < -0.39 is 0 Å². The van der Waals surface area contributed by atoms with Crippen molar-refractivity contribution >= 4 is 23.0 Å². The first-order chi connectivity index (χ1) is 9.02. The van der Waals surface area contributed by atoms with Gasteiger partial charge in [0.2, 0.25) is 0 Å². The van der Waals surface area contributed by atoms with Gasteiger partial charge in [0.25, 0.3) is 0 Å². The highest BCUT2D eigenvalue weighted by Crippen LogP contribution is 2.10. The molecule has 0 saturated heterocycles. The van der Waals surface area contributed by atoms with Crippen LogP contribution in [0.15, 0.2) is 29.4 Å². The number of rotatable bonds is 5. The molecule has 19 heavy (non-hydrogen) atoms. The minimum atomic E-state index is 0.120. The molecule has 0 heterocycles. The second-order valence-electron chi connectivity index (χ2n) is 4.19. The fourth-order valence-corrected chi connectivity index (χ4v) is 1.70. The van der Waals surface area contributed by atoms with Crippen LogP contribution >= 0.6 is 12.2 Å². The van der Waals surface area contributed by atoms with Crippen molar-refractivity contribution in [1.29, 1.82) is 0 Å². The van der Waals surface area contributed by atoms with Crippen LogP contribution in [-0.2, 0) is 4.74 Å². The van der Waals surface area contributed by atoms with Crippen molar-refractivity contribution in [2.24, 2.45) is 5.10 Å². The summed E-state index contributed by atoms with van der Waals surface area (Å²) in [4.78, 5) is 0. The lowest BCUT2D eigenvalue weighted by molar-refractivity contribution is 0.179. The molecule has 0 spiro atoms. The van der Waals surface area contributed by atoms with Gasteiger partial charge in [0, 0.05) is 13.2 Å². The Morgan fingerprint density at radius 2 is 2.05 bits per heavy atom. The summed E-state index contributed by atoms with van der Waals surface area (Å²) in [6, 6.07) is 6.94. The van der Waals surface area contributed by atoms with Crippen molar-refractivity contribution in [1.82, 2.24) is 10.7 Å². The normalized spacial score (nSPS) is 12.9. The van der Waals surface area contributed by atoms with E-state index in [0.29, 0.717) is 11.7 Å². The first kappa shape index (κ1) is 15.4. The van der Waals surface area contributed by atoms with Gasteiger partial charge in [-0.2, -0.15) is 5.10 Å². The van der Waals surface area contributed by atoms with Gasteiger partial charge in [-0.1, -0.05) is 0 Å². The summed E-state index contributed by atoms with van der Waals surface area (Å²) in [6.07, 6.45) is 0. The summed E-state index contributed by atoms with van der Waals surface area (Å²) < 4.78 is 5.00. The summed E-state index contributed by atoms with van der Waals surface area (Å²) in [5.41, 5.74) is 4.47. The number of nitrogens with one attached hydrogen (secondary N) is 2. The highest BCUT2D eigenvalue weighted by Gasteiger charge is 2.03. The summed E-state index contributed by atoms with van der Waals surface area (Å²) in [6.45, 7) is 4.40. The average molecular weight is 281 g/mol. The van der Waals surface area contributed by atoms with Crippen molar-refractivity contribution < 1.29 is 9.84 Å². The van der Waals surface area contributed by atoms with E-state index in [2.05, 4.69) is 15.8 Å². The summed E-state index contributed by atoms with van der Waals surface area (Å²) >= 11 is 5.11. The summed E-state index contributed by atoms with van der Waals surface area (Å²) in [7, 11) is 1.64. The van der Waals surface area contributed by atoms with Crippen molar-refractivity contribution in [3.05, 3.63) is 29.8 Å². The number of phenols is 1. The lowest BCUT2D eigenvalue weighted by Gasteiger charge is -2.14. The lowest BCUT2D eigenvalue weighted by atomic mass is 10.1. The molecular formula is C13H19N3O2S. The molecule has 0 amide bonds. The number of hydrazone groups is 1. The van der Waals surface area contributed by atoms with Gasteiger partial charge in [-0.15, -0.1) is 0 Å². The van der Waals surface area contributed by atoms with E-state index in [1.165, 1.54) is 0 Å². The van der Waals surface area contributed by atoms with E-state index in [-0.39, 0.29) is 11.8 Å². The fraction of sp³-hybridized carbons (Fsp3) is 0.385. The van der Waals surface area contributed by atoms with E-state index in [1.54, 1.807) is 31.4 Å². The Morgan fingerprint density at radius 1 is 1.42 bits per heavy atom. The number of nitrogens with zero attached hydrogens (tertiary/aromatic N) is 1. The first-order valence-electron chi connectivity index (χ1n) is 5.92. The molecule has 1 rings (SSSR count). The Hall–Kier alpha value is -1.66. The molecule has 1 atom stereocenters. The number of methoxy groups -OCH3 is 1. The van der Waals surface area contributed by atoms with Crippen LogP contribution < -0.4 is 10.7 Å². The van der Waals surface area contributed by atoms with Crippen LogP contribution in [0.4, 0.5) is 0 Å².